The summed E-state index contributed by atoms with van der Waals surface area (Å²) in [6.45, 7) is 6.64. The summed E-state index contributed by atoms with van der Waals surface area (Å²) in [5.41, 5.74) is 2.24. The number of sulfonamides is 1. The summed E-state index contributed by atoms with van der Waals surface area (Å²) in [5, 5.41) is 2.69. The Morgan fingerprint density at radius 3 is 2.13 bits per heavy atom. The molecule has 2 amide bonds. The van der Waals surface area contributed by atoms with E-state index in [0.717, 1.165) is 15.4 Å². The van der Waals surface area contributed by atoms with E-state index in [0.29, 0.717) is 18.7 Å². The van der Waals surface area contributed by atoms with Gasteiger partial charge < -0.3 is 10.2 Å². The first-order valence-electron chi connectivity index (χ1n) is 12.6. The van der Waals surface area contributed by atoms with Crippen molar-refractivity contribution >= 4 is 27.5 Å². The summed E-state index contributed by atoms with van der Waals surface area (Å²) < 4.78 is 43.4. The Kier molecular flexibility index (Phi) is 9.63. The maximum Gasteiger partial charge on any atom is 0.264 e. The van der Waals surface area contributed by atoms with Gasteiger partial charge in [0.05, 0.1) is 10.6 Å². The van der Waals surface area contributed by atoms with Crippen LogP contribution in [-0.4, -0.2) is 44.3 Å². The predicted octanol–water partition coefficient (Wildman–Crippen LogP) is 4.45. The fourth-order valence-electron chi connectivity index (χ4n) is 4.12. The quantitative estimate of drug-likeness (QED) is 0.390. The molecule has 3 aromatic carbocycles. The number of hydrogen-bond donors (Lipinski definition) is 1. The molecule has 7 nitrogen and oxygen atoms in total. The Morgan fingerprint density at radius 1 is 0.921 bits per heavy atom. The molecular formula is C29H34FN3O4S. The molecule has 0 aliphatic carbocycles. The highest BCUT2D eigenvalue weighted by Crippen LogP contribution is 2.28. The third-order valence-corrected chi connectivity index (χ3v) is 8.12. The Hall–Kier alpha value is -3.72. The van der Waals surface area contributed by atoms with Gasteiger partial charge in [-0.3, -0.25) is 13.9 Å². The minimum Gasteiger partial charge on any atom is -0.355 e. The lowest BCUT2D eigenvalue weighted by Crippen LogP contribution is -2.51. The van der Waals surface area contributed by atoms with E-state index in [2.05, 4.69) is 5.32 Å². The molecular weight excluding hydrogens is 505 g/mol. The number of para-hydroxylation sites is 1. The molecule has 0 aromatic heterocycles. The minimum absolute atomic E-state index is 0.0410. The molecule has 0 saturated heterocycles. The Bertz CT molecular complexity index is 1380. The Morgan fingerprint density at radius 2 is 1.53 bits per heavy atom. The van der Waals surface area contributed by atoms with E-state index >= 15 is 0 Å². The molecule has 0 aliphatic rings. The zero-order valence-electron chi connectivity index (χ0n) is 22.1. The molecule has 9 heteroatoms. The molecule has 0 heterocycles. The topological polar surface area (TPSA) is 86.8 Å². The second-order valence-corrected chi connectivity index (χ2v) is 10.9. The van der Waals surface area contributed by atoms with Gasteiger partial charge in [-0.25, -0.2) is 12.8 Å². The molecule has 3 aromatic rings. The van der Waals surface area contributed by atoms with Crippen molar-refractivity contribution in [3.05, 3.63) is 95.3 Å². The molecule has 1 N–H and O–H groups in total. The van der Waals surface area contributed by atoms with Crippen molar-refractivity contribution in [3.63, 3.8) is 0 Å². The average Bonchev–Trinajstić information content (AvgIpc) is 2.91. The van der Waals surface area contributed by atoms with Gasteiger partial charge in [0.2, 0.25) is 11.8 Å². The van der Waals surface area contributed by atoms with Crippen LogP contribution in [0.1, 0.15) is 37.5 Å². The van der Waals surface area contributed by atoms with Gasteiger partial charge in [0.15, 0.2) is 0 Å². The van der Waals surface area contributed by atoms with Crippen molar-refractivity contribution in [3.8, 4) is 0 Å². The van der Waals surface area contributed by atoms with E-state index in [4.69, 9.17) is 0 Å². The molecule has 0 aliphatic heterocycles. The summed E-state index contributed by atoms with van der Waals surface area (Å²) in [4.78, 5) is 27.8. The number of halogens is 1. The number of likely N-dealkylation sites (N-methyl/N-ethyl adjacent to an activating group) is 1. The maximum absolute atomic E-state index is 14.6. The van der Waals surface area contributed by atoms with Gasteiger partial charge in [-0.15, -0.1) is 0 Å². The van der Waals surface area contributed by atoms with Crippen LogP contribution in [0.4, 0.5) is 10.1 Å². The second-order valence-electron chi connectivity index (χ2n) is 8.99. The van der Waals surface area contributed by atoms with Crippen LogP contribution in [0.3, 0.4) is 0 Å². The first-order valence-corrected chi connectivity index (χ1v) is 14.0. The maximum atomic E-state index is 14.6. The first-order chi connectivity index (χ1) is 18.1. The van der Waals surface area contributed by atoms with Crippen LogP contribution in [0.2, 0.25) is 0 Å². The summed E-state index contributed by atoms with van der Waals surface area (Å²) in [5.74, 6) is -1.57. The molecule has 0 spiro atoms. The zero-order valence-corrected chi connectivity index (χ0v) is 23.0. The van der Waals surface area contributed by atoms with Crippen LogP contribution in [0.25, 0.3) is 0 Å². The van der Waals surface area contributed by atoms with Crippen LogP contribution in [0.5, 0.6) is 0 Å². The molecule has 38 heavy (non-hydrogen) atoms. The van der Waals surface area contributed by atoms with Crippen LogP contribution in [-0.2, 0) is 32.6 Å². The van der Waals surface area contributed by atoms with Gasteiger partial charge in [-0.05, 0) is 57.0 Å². The fourth-order valence-corrected chi connectivity index (χ4v) is 5.57. The second kappa shape index (κ2) is 12.7. The Labute approximate surface area is 224 Å². The number of amides is 2. The molecule has 1 atom stereocenters. The highest BCUT2D eigenvalue weighted by atomic mass is 32.2. The standard InChI is InChI=1S/C29H34FN3O4S/c1-5-23-11-8-10-14-27(23)33(38(36,37)25-17-15-21(3)16-18-25)20-28(34)32(22(4)29(35)31-6-2)19-24-12-7-9-13-26(24)30/h7-18,22H,5-6,19-20H2,1-4H3,(H,31,35)/t22-/m0/s1. The summed E-state index contributed by atoms with van der Waals surface area (Å²) >= 11 is 0. The van der Waals surface area contributed by atoms with E-state index in [9.17, 15) is 22.4 Å². The highest BCUT2D eigenvalue weighted by molar-refractivity contribution is 7.92. The third kappa shape index (κ3) is 6.58. The number of nitrogens with zero attached hydrogens (tertiary/aromatic N) is 2. The van der Waals surface area contributed by atoms with Crippen LogP contribution >= 0.6 is 0 Å². The third-order valence-electron chi connectivity index (χ3n) is 6.35. The SMILES string of the molecule is CCNC(=O)[C@H](C)N(Cc1ccccc1F)C(=O)CN(c1ccccc1CC)S(=O)(=O)c1ccc(C)cc1. The summed E-state index contributed by atoms with van der Waals surface area (Å²) in [6.07, 6.45) is 0.540. The van der Waals surface area contributed by atoms with Crippen molar-refractivity contribution in [2.45, 2.75) is 51.6 Å². The van der Waals surface area contributed by atoms with Crippen molar-refractivity contribution in [1.82, 2.24) is 10.2 Å². The van der Waals surface area contributed by atoms with Crippen molar-refractivity contribution in [2.75, 3.05) is 17.4 Å². The molecule has 0 saturated carbocycles. The van der Waals surface area contributed by atoms with Crippen molar-refractivity contribution in [2.24, 2.45) is 0 Å². The normalized spacial score (nSPS) is 12.0. The summed E-state index contributed by atoms with van der Waals surface area (Å²) in [6, 6.07) is 18.4. The monoisotopic (exact) mass is 539 g/mol. The molecule has 0 fully saturated rings. The average molecular weight is 540 g/mol. The minimum atomic E-state index is -4.16. The number of carbonyl (C=O) groups is 2. The molecule has 3 rings (SSSR count). The number of carbonyl (C=O) groups excluding carboxylic acids is 2. The van der Waals surface area contributed by atoms with Crippen LogP contribution < -0.4 is 9.62 Å². The molecule has 0 radical (unpaired) electrons. The lowest BCUT2D eigenvalue weighted by Gasteiger charge is -2.32. The van der Waals surface area contributed by atoms with Gasteiger partial charge in [-0.2, -0.15) is 0 Å². The zero-order chi connectivity index (χ0) is 27.9. The molecule has 0 bridgehead atoms. The van der Waals surface area contributed by atoms with Crippen molar-refractivity contribution in [1.29, 1.82) is 0 Å². The lowest BCUT2D eigenvalue weighted by atomic mass is 10.1. The van der Waals surface area contributed by atoms with E-state index < -0.39 is 40.2 Å². The van der Waals surface area contributed by atoms with Gasteiger partial charge in [-0.1, -0.05) is 61.0 Å². The van der Waals surface area contributed by atoms with E-state index in [-0.39, 0.29) is 17.0 Å². The van der Waals surface area contributed by atoms with Gasteiger partial charge in [0.1, 0.15) is 18.4 Å². The van der Waals surface area contributed by atoms with Gasteiger partial charge >= 0.3 is 0 Å². The smallest absolute Gasteiger partial charge is 0.264 e. The molecule has 0 unspecified atom stereocenters. The van der Waals surface area contributed by atoms with Crippen molar-refractivity contribution < 1.29 is 22.4 Å². The van der Waals surface area contributed by atoms with Gasteiger partial charge in [0, 0.05) is 18.7 Å². The number of anilines is 1. The predicted molar refractivity (Wildman–Crippen MR) is 147 cm³/mol. The number of nitrogens with one attached hydrogen (secondary N) is 1. The summed E-state index contributed by atoms with van der Waals surface area (Å²) in [7, 11) is -4.16. The first kappa shape index (κ1) is 28.8. The van der Waals surface area contributed by atoms with E-state index in [1.165, 1.54) is 35.2 Å². The number of rotatable bonds is 11. The number of benzene rings is 3. The number of aryl methyl sites for hydroxylation is 2. The fraction of sp³-hybridized carbons (Fsp3) is 0.310. The largest absolute Gasteiger partial charge is 0.355 e. The highest BCUT2D eigenvalue weighted by Gasteiger charge is 2.33. The van der Waals surface area contributed by atoms with E-state index in [1.54, 1.807) is 44.2 Å². The lowest BCUT2D eigenvalue weighted by molar-refractivity contribution is -0.139. The molecule has 202 valence electrons. The number of hydrogen-bond acceptors (Lipinski definition) is 4. The van der Waals surface area contributed by atoms with Gasteiger partial charge in [0.25, 0.3) is 10.0 Å². The Balaban J connectivity index is 2.08. The van der Waals surface area contributed by atoms with Crippen LogP contribution in [0, 0.1) is 12.7 Å². The van der Waals surface area contributed by atoms with E-state index in [1.807, 2.05) is 26.0 Å². The van der Waals surface area contributed by atoms with Crippen LogP contribution in [0.15, 0.2) is 77.7 Å².